The molecule has 0 amide bonds. The van der Waals surface area contributed by atoms with Crippen molar-refractivity contribution < 1.29 is 14.0 Å². The van der Waals surface area contributed by atoms with Gasteiger partial charge in [-0.1, -0.05) is 70.5 Å². The van der Waals surface area contributed by atoms with Crippen LogP contribution in [-0.2, 0) is 14.0 Å². The Balaban J connectivity index is 3.85. The van der Waals surface area contributed by atoms with E-state index in [2.05, 4.69) is 11.8 Å². The Kier molecular flexibility index (Phi) is 20.0. The molecule has 28 heavy (non-hydrogen) atoms. The van der Waals surface area contributed by atoms with Crippen molar-refractivity contribution in [1.82, 2.24) is 4.90 Å². The van der Waals surface area contributed by atoms with Gasteiger partial charge in [0.05, 0.1) is 6.23 Å². The molecule has 0 aliphatic heterocycles. The Labute approximate surface area is 181 Å². The molecule has 0 fully saturated rings. The number of thiocarbonyl (C=S) groups is 1. The topological polar surface area (TPSA) is 38.8 Å². The molecule has 0 N–H and O–H groups in total. The van der Waals surface area contributed by atoms with E-state index in [4.69, 9.17) is 21.4 Å². The van der Waals surface area contributed by atoms with Gasteiger partial charge in [-0.2, -0.15) is 0 Å². The van der Waals surface area contributed by atoms with Gasteiger partial charge in [0.15, 0.2) is 0 Å². The molecule has 0 radical (unpaired) electrons. The lowest BCUT2D eigenvalue weighted by atomic mass is 10.0. The predicted molar refractivity (Wildman–Crippen MR) is 127 cm³/mol. The van der Waals surface area contributed by atoms with Gasteiger partial charge in [0.25, 0.3) is 0 Å². The third-order valence-corrected chi connectivity index (χ3v) is 8.08. The van der Waals surface area contributed by atoms with Crippen molar-refractivity contribution >= 4 is 31.5 Å². The Bertz CT molecular complexity index is 394. The predicted octanol–water partition coefficient (Wildman–Crippen LogP) is 5.04. The van der Waals surface area contributed by atoms with Crippen LogP contribution >= 0.6 is 12.2 Å². The van der Waals surface area contributed by atoms with Crippen LogP contribution in [0.4, 0.5) is 0 Å². The van der Waals surface area contributed by atoms with Gasteiger partial charge < -0.3 is 14.1 Å². The zero-order chi connectivity index (χ0) is 21.0. The summed E-state index contributed by atoms with van der Waals surface area (Å²) in [6, 6.07) is 0. The van der Waals surface area contributed by atoms with E-state index >= 15 is 0 Å². The molecule has 0 saturated carbocycles. The molecule has 0 bridgehead atoms. The van der Waals surface area contributed by atoms with Gasteiger partial charge in [0.1, 0.15) is 5.78 Å². The normalized spacial score (nSPS) is 12.5. The highest BCUT2D eigenvalue weighted by Gasteiger charge is 2.19. The molecule has 0 aliphatic rings. The zero-order valence-electron chi connectivity index (χ0n) is 19.0. The molecule has 0 spiro atoms. The molecule has 0 aliphatic carbocycles. The molecule has 6 heteroatoms. The quantitative estimate of drug-likeness (QED) is 0.145. The fourth-order valence-corrected chi connectivity index (χ4v) is 5.30. The van der Waals surface area contributed by atoms with Crippen molar-refractivity contribution in [2.75, 3.05) is 40.1 Å². The molecular formula is C22H45NO3SSi. The number of ketones is 1. The number of hydrogen-bond donors (Lipinski definition) is 0. The van der Waals surface area contributed by atoms with Crippen molar-refractivity contribution in [3.8, 4) is 0 Å². The lowest BCUT2D eigenvalue weighted by Gasteiger charge is -2.19. The molecule has 0 aromatic rings. The summed E-state index contributed by atoms with van der Waals surface area (Å²) in [6.45, 7) is 6.49. The SMILES string of the molecule is CCCCCCCCCCCC(=O)CCC(=S)[SiH](COCC)OCCN(C)C. The second-order valence-corrected chi connectivity index (χ2v) is 11.2. The van der Waals surface area contributed by atoms with Crippen LogP contribution < -0.4 is 0 Å². The maximum absolute atomic E-state index is 12.2. The smallest absolute Gasteiger partial charge is 0.240 e. The highest BCUT2D eigenvalue weighted by Crippen LogP contribution is 2.12. The lowest BCUT2D eigenvalue weighted by Crippen LogP contribution is -2.36. The maximum Gasteiger partial charge on any atom is 0.240 e. The molecular weight excluding hydrogens is 386 g/mol. The second kappa shape index (κ2) is 20.1. The molecule has 1 unspecified atom stereocenters. The number of carbonyl (C=O) groups is 1. The van der Waals surface area contributed by atoms with Crippen LogP contribution in [0.15, 0.2) is 0 Å². The van der Waals surface area contributed by atoms with Gasteiger partial charge in [0.2, 0.25) is 9.04 Å². The number of Topliss-reactive ketones (excluding diaryl/α,β-unsaturated/α-hetero) is 1. The van der Waals surface area contributed by atoms with Crippen LogP contribution in [0.1, 0.15) is 90.9 Å². The van der Waals surface area contributed by atoms with E-state index < -0.39 is 9.04 Å². The van der Waals surface area contributed by atoms with Crippen molar-refractivity contribution in [3.05, 3.63) is 0 Å². The van der Waals surface area contributed by atoms with Crippen molar-refractivity contribution in [1.29, 1.82) is 0 Å². The third-order valence-electron chi connectivity index (χ3n) is 4.90. The first kappa shape index (κ1) is 27.9. The molecule has 0 heterocycles. The minimum absolute atomic E-state index is 0.350. The minimum atomic E-state index is -1.69. The summed E-state index contributed by atoms with van der Waals surface area (Å²) in [5.74, 6) is 0.350. The van der Waals surface area contributed by atoms with Gasteiger partial charge in [-0.25, -0.2) is 0 Å². The van der Waals surface area contributed by atoms with Crippen LogP contribution in [0, 0.1) is 0 Å². The lowest BCUT2D eigenvalue weighted by molar-refractivity contribution is -0.119. The van der Waals surface area contributed by atoms with Crippen LogP contribution in [0.3, 0.4) is 0 Å². The summed E-state index contributed by atoms with van der Waals surface area (Å²) < 4.78 is 12.5. The van der Waals surface area contributed by atoms with Crippen molar-refractivity contribution in [2.24, 2.45) is 0 Å². The molecule has 0 rings (SSSR count). The highest BCUT2D eigenvalue weighted by atomic mass is 32.1. The number of hydrogen-bond acceptors (Lipinski definition) is 5. The van der Waals surface area contributed by atoms with Crippen molar-refractivity contribution in [3.63, 3.8) is 0 Å². The summed E-state index contributed by atoms with van der Waals surface area (Å²) in [5.41, 5.74) is 0. The number of nitrogens with zero attached hydrogens (tertiary/aromatic N) is 1. The summed E-state index contributed by atoms with van der Waals surface area (Å²) in [5, 5.41) is 0. The van der Waals surface area contributed by atoms with Crippen LogP contribution in [-0.4, -0.2) is 64.3 Å². The minimum Gasteiger partial charge on any atom is -0.411 e. The van der Waals surface area contributed by atoms with Gasteiger partial charge in [-0.05, 0) is 33.9 Å². The number of rotatable bonds is 21. The fraction of sp³-hybridized carbons (Fsp3) is 0.909. The number of likely N-dealkylation sites (N-methyl/N-ethyl adjacent to an activating group) is 1. The maximum atomic E-state index is 12.2. The van der Waals surface area contributed by atoms with Crippen LogP contribution in [0.5, 0.6) is 0 Å². The highest BCUT2D eigenvalue weighted by molar-refractivity contribution is 7.84. The molecule has 0 aromatic heterocycles. The van der Waals surface area contributed by atoms with Crippen LogP contribution in [0.2, 0.25) is 0 Å². The average molecular weight is 432 g/mol. The van der Waals surface area contributed by atoms with E-state index in [0.717, 1.165) is 17.5 Å². The molecule has 0 saturated heterocycles. The number of unbranched alkanes of at least 4 members (excludes halogenated alkanes) is 8. The number of ether oxygens (including phenoxy) is 1. The summed E-state index contributed by atoms with van der Waals surface area (Å²) in [4.78, 5) is 14.3. The first-order valence-corrected chi connectivity index (χ1v) is 13.7. The molecule has 1 atom stereocenters. The average Bonchev–Trinajstić information content (AvgIpc) is 2.67. The largest absolute Gasteiger partial charge is 0.411 e. The molecule has 4 nitrogen and oxygen atoms in total. The second-order valence-electron chi connectivity index (χ2n) is 7.91. The van der Waals surface area contributed by atoms with Crippen molar-refractivity contribution in [2.45, 2.75) is 90.9 Å². The van der Waals surface area contributed by atoms with E-state index in [9.17, 15) is 4.79 Å². The van der Waals surface area contributed by atoms with E-state index in [0.29, 0.717) is 44.5 Å². The first-order valence-electron chi connectivity index (χ1n) is 11.4. The van der Waals surface area contributed by atoms with Gasteiger partial charge in [-0.3, -0.25) is 4.79 Å². The number of carbonyl (C=O) groups excluding carboxylic acids is 1. The molecule has 0 aromatic carbocycles. The molecule has 166 valence electrons. The van der Waals surface area contributed by atoms with Gasteiger partial charge in [0, 0.05) is 37.1 Å². The monoisotopic (exact) mass is 431 g/mol. The van der Waals surface area contributed by atoms with Gasteiger partial charge >= 0.3 is 0 Å². The zero-order valence-corrected chi connectivity index (χ0v) is 20.9. The standard InChI is InChI=1S/C22H45NO3SSi/c1-5-7-8-9-10-11-12-13-14-15-21(24)16-17-22(27)28(20-25-6-2)26-19-18-23(3)4/h28H,5-20H2,1-4H3. The Morgan fingerprint density at radius 2 is 1.50 bits per heavy atom. The van der Waals surface area contributed by atoms with Gasteiger partial charge in [-0.15, -0.1) is 0 Å². The van der Waals surface area contributed by atoms with E-state index in [1.165, 1.54) is 51.4 Å². The fourth-order valence-electron chi connectivity index (χ4n) is 3.02. The Hall–Kier alpha value is -0.143. The Morgan fingerprint density at radius 1 is 0.893 bits per heavy atom. The Morgan fingerprint density at radius 3 is 2.07 bits per heavy atom. The summed E-state index contributed by atoms with van der Waals surface area (Å²) in [7, 11) is 2.38. The van der Waals surface area contributed by atoms with E-state index in [1.807, 2.05) is 21.0 Å². The van der Waals surface area contributed by atoms with E-state index in [-0.39, 0.29) is 0 Å². The van der Waals surface area contributed by atoms with Crippen LogP contribution in [0.25, 0.3) is 0 Å². The third kappa shape index (κ3) is 17.9. The first-order chi connectivity index (χ1) is 13.5. The summed E-state index contributed by atoms with van der Waals surface area (Å²) in [6.07, 6.45) is 14.1. The van der Waals surface area contributed by atoms with E-state index in [1.54, 1.807) is 0 Å². The summed E-state index contributed by atoms with van der Waals surface area (Å²) >= 11 is 5.59.